The molecular weight excluding hydrogens is 141 g/mol. The fourth-order valence-electron chi connectivity index (χ4n) is 1.49. The zero-order valence-electron chi connectivity index (χ0n) is 6.26. The van der Waals surface area contributed by atoms with Gasteiger partial charge in [-0.3, -0.25) is 4.90 Å². The Morgan fingerprint density at radius 2 is 1.73 bits per heavy atom. The van der Waals surface area contributed by atoms with E-state index >= 15 is 0 Å². The number of halogens is 1. The molecule has 1 aliphatic rings. The van der Waals surface area contributed by atoms with Crippen molar-refractivity contribution in [1.29, 1.82) is 0 Å². The maximum atomic E-state index is 12.2. The van der Waals surface area contributed by atoms with Gasteiger partial charge in [0, 0.05) is 13.1 Å². The van der Waals surface area contributed by atoms with Crippen molar-refractivity contribution >= 4 is 0 Å². The van der Waals surface area contributed by atoms with Gasteiger partial charge in [0.15, 0.2) is 0 Å². The van der Waals surface area contributed by atoms with Crippen LogP contribution in [-0.2, 0) is 13.1 Å². The molecule has 1 nitrogen and oxygen atoms in total. The van der Waals surface area contributed by atoms with Gasteiger partial charge in [0.05, 0.1) is 0 Å². The summed E-state index contributed by atoms with van der Waals surface area (Å²) in [7, 11) is 0. The number of nitrogens with zero attached hydrogens (tertiary/aromatic N) is 1. The van der Waals surface area contributed by atoms with Crippen LogP contribution in [0, 0.1) is 0 Å². The number of hydrogen-bond donors (Lipinski definition) is 0. The van der Waals surface area contributed by atoms with E-state index in [1.807, 2.05) is 12.1 Å². The summed E-state index contributed by atoms with van der Waals surface area (Å²) in [5.41, 5.74) is 2.54. The lowest BCUT2D eigenvalue weighted by Crippen LogP contribution is -2.13. The molecule has 0 saturated heterocycles. The topological polar surface area (TPSA) is 3.24 Å². The van der Waals surface area contributed by atoms with Crippen LogP contribution in [0.3, 0.4) is 0 Å². The Kier molecular flexibility index (Phi) is 1.62. The summed E-state index contributed by atoms with van der Waals surface area (Å²) in [6, 6.07) is 8.12. The van der Waals surface area contributed by atoms with E-state index in [0.717, 1.165) is 13.1 Å². The molecule has 11 heavy (non-hydrogen) atoms. The smallest absolute Gasteiger partial charge is 0.143 e. The molecule has 0 N–H and O–H groups in total. The second-order valence-corrected chi connectivity index (χ2v) is 2.88. The number of hydrogen-bond acceptors (Lipinski definition) is 1. The molecule has 0 bridgehead atoms. The van der Waals surface area contributed by atoms with Crippen LogP contribution in [0.4, 0.5) is 4.39 Å². The van der Waals surface area contributed by atoms with E-state index in [-0.39, 0.29) is 6.80 Å². The van der Waals surface area contributed by atoms with Gasteiger partial charge in [-0.1, -0.05) is 24.3 Å². The summed E-state index contributed by atoms with van der Waals surface area (Å²) < 4.78 is 12.2. The van der Waals surface area contributed by atoms with Gasteiger partial charge in [0.2, 0.25) is 0 Å². The molecule has 2 heteroatoms. The summed E-state index contributed by atoms with van der Waals surface area (Å²) in [6.45, 7) is 1.20. The molecule has 0 saturated carbocycles. The zero-order chi connectivity index (χ0) is 7.68. The van der Waals surface area contributed by atoms with Crippen LogP contribution in [0.2, 0.25) is 0 Å². The minimum atomic E-state index is -0.339. The Morgan fingerprint density at radius 1 is 1.18 bits per heavy atom. The zero-order valence-corrected chi connectivity index (χ0v) is 6.26. The molecule has 0 unspecified atom stereocenters. The van der Waals surface area contributed by atoms with Crippen molar-refractivity contribution in [2.75, 3.05) is 6.80 Å². The van der Waals surface area contributed by atoms with Gasteiger partial charge in [-0.2, -0.15) is 0 Å². The average Bonchev–Trinajstić information content (AvgIpc) is 2.46. The molecule has 0 radical (unpaired) electrons. The molecule has 1 aromatic carbocycles. The van der Waals surface area contributed by atoms with Crippen molar-refractivity contribution in [2.24, 2.45) is 0 Å². The average molecular weight is 151 g/mol. The van der Waals surface area contributed by atoms with Gasteiger partial charge in [-0.15, -0.1) is 0 Å². The van der Waals surface area contributed by atoms with E-state index in [2.05, 4.69) is 12.1 Å². The van der Waals surface area contributed by atoms with Crippen LogP contribution in [0.15, 0.2) is 24.3 Å². The van der Waals surface area contributed by atoms with E-state index in [1.165, 1.54) is 11.1 Å². The third-order valence-corrected chi connectivity index (χ3v) is 2.08. The minimum Gasteiger partial charge on any atom is -0.268 e. The third kappa shape index (κ3) is 1.14. The Hall–Kier alpha value is -0.890. The number of benzene rings is 1. The van der Waals surface area contributed by atoms with Crippen molar-refractivity contribution in [3.05, 3.63) is 35.4 Å². The Labute approximate surface area is 65.4 Å². The number of fused-ring (bicyclic) bond motifs is 1. The maximum Gasteiger partial charge on any atom is 0.143 e. The lowest BCUT2D eigenvalue weighted by molar-refractivity contribution is 0.187. The molecular formula is C9H10FN. The normalized spacial score (nSPS) is 16.8. The quantitative estimate of drug-likeness (QED) is 0.554. The largest absolute Gasteiger partial charge is 0.268 e. The number of alkyl halides is 1. The lowest BCUT2D eigenvalue weighted by Gasteiger charge is -2.06. The fourth-order valence-corrected chi connectivity index (χ4v) is 1.49. The second kappa shape index (κ2) is 2.62. The van der Waals surface area contributed by atoms with Gasteiger partial charge in [0.25, 0.3) is 0 Å². The highest BCUT2D eigenvalue weighted by atomic mass is 19.1. The molecule has 2 rings (SSSR count). The summed E-state index contributed by atoms with van der Waals surface area (Å²) in [4.78, 5) is 1.78. The molecule has 0 aliphatic carbocycles. The van der Waals surface area contributed by atoms with E-state index < -0.39 is 0 Å². The molecule has 0 atom stereocenters. The van der Waals surface area contributed by atoms with Crippen LogP contribution in [-0.4, -0.2) is 11.7 Å². The van der Waals surface area contributed by atoms with Crippen LogP contribution in [0.1, 0.15) is 11.1 Å². The van der Waals surface area contributed by atoms with E-state index in [9.17, 15) is 4.39 Å². The third-order valence-electron chi connectivity index (χ3n) is 2.08. The van der Waals surface area contributed by atoms with Gasteiger partial charge in [0.1, 0.15) is 6.80 Å². The van der Waals surface area contributed by atoms with Crippen molar-refractivity contribution in [3.63, 3.8) is 0 Å². The maximum absolute atomic E-state index is 12.2. The van der Waals surface area contributed by atoms with Crippen molar-refractivity contribution < 1.29 is 4.39 Å². The highest BCUT2D eigenvalue weighted by Gasteiger charge is 2.16. The van der Waals surface area contributed by atoms with Crippen LogP contribution >= 0.6 is 0 Å². The van der Waals surface area contributed by atoms with Gasteiger partial charge in [-0.25, -0.2) is 4.39 Å². The number of rotatable bonds is 1. The summed E-state index contributed by atoms with van der Waals surface area (Å²) >= 11 is 0. The molecule has 1 heterocycles. The first-order valence-electron chi connectivity index (χ1n) is 3.75. The Morgan fingerprint density at radius 3 is 2.18 bits per heavy atom. The standard InChI is InChI=1S/C9H10FN/c10-7-11-5-8-3-1-2-4-9(8)6-11/h1-4H,5-7H2. The van der Waals surface area contributed by atoms with Crippen LogP contribution in [0.5, 0.6) is 0 Å². The first kappa shape index (κ1) is 6.80. The molecule has 1 aromatic rings. The van der Waals surface area contributed by atoms with Crippen molar-refractivity contribution in [3.8, 4) is 0 Å². The predicted molar refractivity (Wildman–Crippen MR) is 41.7 cm³/mol. The second-order valence-electron chi connectivity index (χ2n) is 2.88. The van der Waals surface area contributed by atoms with Crippen LogP contribution in [0.25, 0.3) is 0 Å². The highest BCUT2D eigenvalue weighted by Crippen LogP contribution is 2.21. The minimum absolute atomic E-state index is 0.339. The van der Waals surface area contributed by atoms with E-state index in [0.29, 0.717) is 0 Å². The monoisotopic (exact) mass is 151 g/mol. The predicted octanol–water partition coefficient (Wildman–Crippen LogP) is 1.93. The Bertz CT molecular complexity index is 234. The van der Waals surface area contributed by atoms with E-state index in [4.69, 9.17) is 0 Å². The van der Waals surface area contributed by atoms with Crippen LogP contribution < -0.4 is 0 Å². The summed E-state index contributed by atoms with van der Waals surface area (Å²) in [5, 5.41) is 0. The first-order chi connectivity index (χ1) is 5.40. The summed E-state index contributed by atoms with van der Waals surface area (Å²) in [6.07, 6.45) is 0. The first-order valence-corrected chi connectivity index (χ1v) is 3.75. The molecule has 0 aromatic heterocycles. The molecule has 0 spiro atoms. The van der Waals surface area contributed by atoms with Crippen molar-refractivity contribution in [1.82, 2.24) is 4.90 Å². The van der Waals surface area contributed by atoms with Gasteiger partial charge >= 0.3 is 0 Å². The molecule has 0 amide bonds. The molecule has 1 aliphatic heterocycles. The van der Waals surface area contributed by atoms with Gasteiger partial charge < -0.3 is 0 Å². The fraction of sp³-hybridized carbons (Fsp3) is 0.333. The summed E-state index contributed by atoms with van der Waals surface area (Å²) in [5.74, 6) is 0. The lowest BCUT2D eigenvalue weighted by atomic mass is 10.1. The van der Waals surface area contributed by atoms with Crippen molar-refractivity contribution in [2.45, 2.75) is 13.1 Å². The van der Waals surface area contributed by atoms with Gasteiger partial charge in [-0.05, 0) is 11.1 Å². The highest BCUT2D eigenvalue weighted by molar-refractivity contribution is 5.29. The van der Waals surface area contributed by atoms with E-state index in [1.54, 1.807) is 4.90 Å². The molecule has 0 fully saturated rings. The Balaban J connectivity index is 2.27. The molecule has 58 valence electrons. The SMILES string of the molecule is FCN1Cc2ccccc2C1.